The fourth-order valence-electron chi connectivity index (χ4n) is 5.11. The molecule has 0 radical (unpaired) electrons. The van der Waals surface area contributed by atoms with E-state index >= 15 is 0 Å². The molecule has 28 heavy (non-hydrogen) atoms. The number of rotatable bonds is 4. The molecular formula is C23H33N3O2. The van der Waals surface area contributed by atoms with Crippen LogP contribution in [0.1, 0.15) is 44.1 Å². The van der Waals surface area contributed by atoms with Gasteiger partial charge in [-0.1, -0.05) is 30.3 Å². The zero-order chi connectivity index (χ0) is 19.4. The minimum absolute atomic E-state index is 0.105. The smallest absolute Gasteiger partial charge is 0.225 e. The van der Waals surface area contributed by atoms with E-state index in [2.05, 4.69) is 22.3 Å². The Morgan fingerprint density at radius 2 is 1.68 bits per heavy atom. The van der Waals surface area contributed by atoms with E-state index < -0.39 is 0 Å². The fraction of sp³-hybridized carbons (Fsp3) is 0.652. The molecule has 4 rings (SSSR count). The molecule has 0 unspecified atom stereocenters. The molecule has 0 atom stereocenters. The molecule has 3 heterocycles. The van der Waals surface area contributed by atoms with Gasteiger partial charge in [0.05, 0.1) is 0 Å². The largest absolute Gasteiger partial charge is 0.343 e. The first kappa shape index (κ1) is 19.4. The van der Waals surface area contributed by atoms with E-state index in [1.807, 2.05) is 23.1 Å². The van der Waals surface area contributed by atoms with Crippen LogP contribution in [0.3, 0.4) is 0 Å². The monoisotopic (exact) mass is 383 g/mol. The number of likely N-dealkylation sites (tertiary alicyclic amines) is 2. The summed E-state index contributed by atoms with van der Waals surface area (Å²) in [5.74, 6) is 0.662. The number of carbonyl (C=O) groups excluding carboxylic acids is 2. The average molecular weight is 384 g/mol. The lowest BCUT2D eigenvalue weighted by molar-refractivity contribution is -0.142. The van der Waals surface area contributed by atoms with Crippen molar-refractivity contribution in [3.8, 4) is 0 Å². The average Bonchev–Trinajstić information content (AvgIpc) is 3.21. The zero-order valence-electron chi connectivity index (χ0n) is 16.9. The molecule has 3 saturated heterocycles. The van der Waals surface area contributed by atoms with Gasteiger partial charge >= 0.3 is 0 Å². The van der Waals surface area contributed by atoms with Crippen molar-refractivity contribution in [1.82, 2.24) is 15.1 Å². The maximum Gasteiger partial charge on any atom is 0.225 e. The highest BCUT2D eigenvalue weighted by Gasteiger charge is 2.39. The number of benzene rings is 1. The highest BCUT2D eigenvalue weighted by Crippen LogP contribution is 2.37. The molecule has 0 aliphatic carbocycles. The van der Waals surface area contributed by atoms with Crippen molar-refractivity contribution in [3.63, 3.8) is 0 Å². The molecule has 5 nitrogen and oxygen atoms in total. The first-order valence-corrected chi connectivity index (χ1v) is 11.0. The first-order chi connectivity index (χ1) is 13.7. The minimum Gasteiger partial charge on any atom is -0.343 e. The molecule has 2 amide bonds. The zero-order valence-corrected chi connectivity index (χ0v) is 16.9. The Kier molecular flexibility index (Phi) is 6.00. The van der Waals surface area contributed by atoms with E-state index in [-0.39, 0.29) is 11.8 Å². The van der Waals surface area contributed by atoms with Crippen LogP contribution in [0.15, 0.2) is 30.3 Å². The summed E-state index contributed by atoms with van der Waals surface area (Å²) < 4.78 is 0. The van der Waals surface area contributed by atoms with Crippen LogP contribution in [-0.4, -0.2) is 60.9 Å². The third kappa shape index (κ3) is 4.40. The predicted molar refractivity (Wildman–Crippen MR) is 110 cm³/mol. The molecule has 152 valence electrons. The topological polar surface area (TPSA) is 52.7 Å². The molecule has 3 aliphatic heterocycles. The van der Waals surface area contributed by atoms with Gasteiger partial charge in [0, 0.05) is 45.1 Å². The quantitative estimate of drug-likeness (QED) is 0.869. The number of aryl methyl sites for hydroxylation is 1. The van der Waals surface area contributed by atoms with Crippen LogP contribution >= 0.6 is 0 Å². The van der Waals surface area contributed by atoms with Crippen LogP contribution < -0.4 is 5.32 Å². The van der Waals surface area contributed by atoms with Crippen LogP contribution in [0.4, 0.5) is 0 Å². The van der Waals surface area contributed by atoms with Crippen LogP contribution in [0.25, 0.3) is 0 Å². The molecule has 1 N–H and O–H groups in total. The second-order valence-electron chi connectivity index (χ2n) is 8.89. The number of nitrogens with one attached hydrogen (secondary N) is 1. The second-order valence-corrected chi connectivity index (χ2v) is 8.89. The van der Waals surface area contributed by atoms with Crippen molar-refractivity contribution in [2.75, 3.05) is 39.3 Å². The summed E-state index contributed by atoms with van der Waals surface area (Å²) in [4.78, 5) is 29.5. The van der Waals surface area contributed by atoms with Gasteiger partial charge in [-0.05, 0) is 56.0 Å². The summed E-state index contributed by atoms with van der Waals surface area (Å²) in [5.41, 5.74) is 1.66. The third-order valence-corrected chi connectivity index (χ3v) is 7.14. The molecule has 3 aliphatic rings. The molecular weight excluding hydrogens is 350 g/mol. The Bertz CT molecular complexity index is 666. The van der Waals surface area contributed by atoms with E-state index in [0.717, 1.165) is 71.4 Å². The predicted octanol–water partition coefficient (Wildman–Crippen LogP) is 2.46. The van der Waals surface area contributed by atoms with Gasteiger partial charge in [0.15, 0.2) is 0 Å². The summed E-state index contributed by atoms with van der Waals surface area (Å²) in [5, 5.41) is 3.49. The van der Waals surface area contributed by atoms with E-state index in [1.165, 1.54) is 12.0 Å². The summed E-state index contributed by atoms with van der Waals surface area (Å²) in [7, 11) is 0. The SMILES string of the molecule is O=C(CCc1ccccc1)N1CCC(C(=O)N2CCC3(CCNC3)CC2)CC1. The molecule has 0 saturated carbocycles. The summed E-state index contributed by atoms with van der Waals surface area (Å²) in [6, 6.07) is 10.2. The molecule has 3 fully saturated rings. The lowest BCUT2D eigenvalue weighted by Crippen LogP contribution is -2.48. The van der Waals surface area contributed by atoms with Gasteiger partial charge in [0.1, 0.15) is 0 Å². The van der Waals surface area contributed by atoms with Crippen molar-refractivity contribution in [1.29, 1.82) is 0 Å². The number of hydrogen-bond donors (Lipinski definition) is 1. The van der Waals surface area contributed by atoms with Gasteiger partial charge in [0.2, 0.25) is 11.8 Å². The molecule has 5 heteroatoms. The van der Waals surface area contributed by atoms with Crippen molar-refractivity contribution in [2.24, 2.45) is 11.3 Å². The van der Waals surface area contributed by atoms with Gasteiger partial charge in [-0.15, -0.1) is 0 Å². The summed E-state index contributed by atoms with van der Waals surface area (Å²) >= 11 is 0. The Balaban J connectivity index is 1.20. The highest BCUT2D eigenvalue weighted by molar-refractivity contribution is 5.80. The van der Waals surface area contributed by atoms with Gasteiger partial charge < -0.3 is 15.1 Å². The maximum atomic E-state index is 13.0. The van der Waals surface area contributed by atoms with E-state index in [1.54, 1.807) is 0 Å². The van der Waals surface area contributed by atoms with E-state index in [4.69, 9.17) is 0 Å². The van der Waals surface area contributed by atoms with Crippen LogP contribution in [-0.2, 0) is 16.0 Å². The van der Waals surface area contributed by atoms with Crippen LogP contribution in [0.2, 0.25) is 0 Å². The molecule has 1 aromatic rings. The van der Waals surface area contributed by atoms with Gasteiger partial charge in [-0.2, -0.15) is 0 Å². The highest BCUT2D eigenvalue weighted by atomic mass is 16.2. The molecule has 0 aromatic heterocycles. The molecule has 1 aromatic carbocycles. The standard InChI is InChI=1S/C23H33N3O2/c27-21(7-6-19-4-2-1-3-5-19)25-14-8-20(9-15-25)22(28)26-16-11-23(12-17-26)10-13-24-18-23/h1-5,20,24H,6-18H2. The number of nitrogens with zero attached hydrogens (tertiary/aromatic N) is 2. The van der Waals surface area contributed by atoms with Crippen LogP contribution in [0.5, 0.6) is 0 Å². The van der Waals surface area contributed by atoms with Crippen molar-refractivity contribution in [3.05, 3.63) is 35.9 Å². The maximum absolute atomic E-state index is 13.0. The number of carbonyl (C=O) groups is 2. The van der Waals surface area contributed by atoms with Gasteiger partial charge in [-0.25, -0.2) is 0 Å². The molecule has 1 spiro atoms. The van der Waals surface area contributed by atoms with E-state index in [0.29, 0.717) is 17.7 Å². The Morgan fingerprint density at radius 3 is 2.32 bits per heavy atom. The second kappa shape index (κ2) is 8.64. The number of piperidine rings is 2. The minimum atomic E-state index is 0.105. The molecule has 0 bridgehead atoms. The van der Waals surface area contributed by atoms with E-state index in [9.17, 15) is 9.59 Å². The summed E-state index contributed by atoms with van der Waals surface area (Å²) in [6.45, 7) is 5.54. The van der Waals surface area contributed by atoms with Gasteiger partial charge in [0.25, 0.3) is 0 Å². The van der Waals surface area contributed by atoms with Crippen LogP contribution in [0, 0.1) is 11.3 Å². The van der Waals surface area contributed by atoms with Gasteiger partial charge in [-0.3, -0.25) is 9.59 Å². The Labute approximate surface area is 168 Å². The Morgan fingerprint density at radius 1 is 0.964 bits per heavy atom. The van der Waals surface area contributed by atoms with Crippen molar-refractivity contribution < 1.29 is 9.59 Å². The normalized spacial score (nSPS) is 22.6. The lowest BCUT2D eigenvalue weighted by Gasteiger charge is -2.41. The number of amides is 2. The van der Waals surface area contributed by atoms with Crippen molar-refractivity contribution in [2.45, 2.75) is 44.9 Å². The first-order valence-electron chi connectivity index (χ1n) is 11.0. The lowest BCUT2D eigenvalue weighted by atomic mass is 9.77. The Hall–Kier alpha value is -1.88. The number of hydrogen-bond acceptors (Lipinski definition) is 3. The summed E-state index contributed by atoms with van der Waals surface area (Å²) in [6.07, 6.45) is 6.54. The fourth-order valence-corrected chi connectivity index (χ4v) is 5.11. The van der Waals surface area contributed by atoms with Crippen molar-refractivity contribution >= 4 is 11.8 Å². The third-order valence-electron chi connectivity index (χ3n) is 7.14.